The number of aromatic nitrogens is 3. The summed E-state index contributed by atoms with van der Waals surface area (Å²) in [6, 6.07) is 15.5. The van der Waals surface area contributed by atoms with E-state index >= 15 is 0 Å². The number of carbonyl (C=O) groups excluding carboxylic acids is 1. The number of hydrogen-bond donors (Lipinski definition) is 1. The lowest BCUT2D eigenvalue weighted by molar-refractivity contribution is -0.128. The maximum absolute atomic E-state index is 13.4. The molecular weight excluding hydrogens is 424 g/mol. The van der Waals surface area contributed by atoms with Gasteiger partial charge >= 0.3 is 0 Å². The normalized spacial score (nSPS) is 14.7. The molecule has 2 aromatic heterocycles. The molecule has 5 rings (SSSR count). The molecule has 0 unspecified atom stereocenters. The molecule has 3 heterocycles. The first-order chi connectivity index (χ1) is 15.7. The Morgan fingerprint density at radius 1 is 1.16 bits per heavy atom. The number of thiazole rings is 1. The topological polar surface area (TPSA) is 80.3 Å². The van der Waals surface area contributed by atoms with Crippen molar-refractivity contribution in [2.75, 3.05) is 33.4 Å². The van der Waals surface area contributed by atoms with E-state index in [0.29, 0.717) is 43.4 Å². The van der Waals surface area contributed by atoms with Crippen molar-refractivity contribution in [3.05, 3.63) is 65.4 Å². The van der Waals surface area contributed by atoms with Gasteiger partial charge in [0.2, 0.25) is 0 Å². The molecule has 0 aliphatic carbocycles. The summed E-state index contributed by atoms with van der Waals surface area (Å²) < 4.78 is 10.7. The Morgan fingerprint density at radius 3 is 2.81 bits per heavy atom. The lowest BCUT2D eigenvalue weighted by atomic mass is 10.1. The molecular formula is C24H22N4O3S. The number of fused-ring (bicyclic) bond motifs is 1. The van der Waals surface area contributed by atoms with E-state index in [2.05, 4.69) is 9.97 Å². The van der Waals surface area contributed by atoms with E-state index in [-0.39, 0.29) is 5.91 Å². The average Bonchev–Trinajstić information content (AvgIpc) is 3.50. The van der Waals surface area contributed by atoms with Crippen LogP contribution in [0.3, 0.4) is 0 Å². The molecule has 0 atom stereocenters. The summed E-state index contributed by atoms with van der Waals surface area (Å²) in [6.07, 6.45) is 1.82. The van der Waals surface area contributed by atoms with Gasteiger partial charge in [-0.15, -0.1) is 11.3 Å². The largest absolute Gasteiger partial charge is 0.497 e. The minimum Gasteiger partial charge on any atom is -0.497 e. The number of imidazole rings is 1. The summed E-state index contributed by atoms with van der Waals surface area (Å²) in [4.78, 5) is 28.0. The summed E-state index contributed by atoms with van der Waals surface area (Å²) in [5, 5.41) is 2.81. The number of aromatic amines is 1. The molecule has 32 heavy (non-hydrogen) atoms. The third kappa shape index (κ3) is 4.15. The van der Waals surface area contributed by atoms with Gasteiger partial charge in [-0.25, -0.2) is 9.97 Å². The van der Waals surface area contributed by atoms with Crippen LogP contribution < -0.4 is 4.74 Å². The zero-order valence-electron chi connectivity index (χ0n) is 17.6. The summed E-state index contributed by atoms with van der Waals surface area (Å²) >= 11 is 1.52. The van der Waals surface area contributed by atoms with Crippen LogP contribution in [0.2, 0.25) is 0 Å². The second-order valence-electron chi connectivity index (χ2n) is 7.37. The number of morpholine rings is 1. The van der Waals surface area contributed by atoms with Gasteiger partial charge in [-0.1, -0.05) is 24.3 Å². The first kappa shape index (κ1) is 20.4. The van der Waals surface area contributed by atoms with Gasteiger partial charge in [0.1, 0.15) is 16.6 Å². The Labute approximate surface area is 189 Å². The van der Waals surface area contributed by atoms with E-state index in [1.165, 1.54) is 11.3 Å². The molecule has 0 bridgehead atoms. The molecule has 1 N–H and O–H groups in total. The second-order valence-corrected chi connectivity index (χ2v) is 8.23. The lowest BCUT2D eigenvalue weighted by Gasteiger charge is -2.27. The average molecular weight is 447 g/mol. The minimum atomic E-state index is -0.0803. The summed E-state index contributed by atoms with van der Waals surface area (Å²) in [6.45, 7) is 2.19. The minimum absolute atomic E-state index is 0.0803. The summed E-state index contributed by atoms with van der Waals surface area (Å²) in [5.74, 6) is 1.24. The number of methoxy groups -OCH3 is 1. The van der Waals surface area contributed by atoms with E-state index < -0.39 is 0 Å². The highest BCUT2D eigenvalue weighted by Crippen LogP contribution is 2.29. The fourth-order valence-corrected chi connectivity index (χ4v) is 4.41. The van der Waals surface area contributed by atoms with Crippen LogP contribution in [0.25, 0.3) is 33.3 Å². The fraction of sp³-hybridized carbons (Fsp3) is 0.208. The molecule has 162 valence electrons. The van der Waals surface area contributed by atoms with Crippen LogP contribution in [-0.4, -0.2) is 59.2 Å². The van der Waals surface area contributed by atoms with Crippen molar-refractivity contribution < 1.29 is 14.3 Å². The van der Waals surface area contributed by atoms with Crippen molar-refractivity contribution >= 4 is 39.9 Å². The number of carbonyl (C=O) groups is 1. The predicted octanol–water partition coefficient (Wildman–Crippen LogP) is 4.09. The smallest absolute Gasteiger partial charge is 0.257 e. The Hall–Kier alpha value is -3.49. The summed E-state index contributed by atoms with van der Waals surface area (Å²) in [5.41, 5.74) is 3.88. The van der Waals surface area contributed by atoms with Crippen LogP contribution in [-0.2, 0) is 9.53 Å². The van der Waals surface area contributed by atoms with Gasteiger partial charge in [-0.05, 0) is 30.3 Å². The number of H-pyrrole nitrogens is 1. The Morgan fingerprint density at radius 2 is 2.00 bits per heavy atom. The Bertz CT molecular complexity index is 1250. The molecule has 1 aliphatic rings. The second kappa shape index (κ2) is 8.94. The van der Waals surface area contributed by atoms with Crippen LogP contribution in [0.4, 0.5) is 0 Å². The van der Waals surface area contributed by atoms with Crippen molar-refractivity contribution in [2.45, 2.75) is 0 Å². The Balaban J connectivity index is 1.54. The number of benzene rings is 2. The quantitative estimate of drug-likeness (QED) is 0.467. The monoisotopic (exact) mass is 446 g/mol. The van der Waals surface area contributed by atoms with Crippen LogP contribution in [0, 0.1) is 0 Å². The molecule has 0 radical (unpaired) electrons. The molecule has 1 aliphatic heterocycles. The van der Waals surface area contributed by atoms with Crippen LogP contribution in [0.1, 0.15) is 11.5 Å². The number of nitrogens with one attached hydrogen (secondary N) is 1. The fourth-order valence-electron chi connectivity index (χ4n) is 3.64. The molecule has 1 fully saturated rings. The lowest BCUT2D eigenvalue weighted by Crippen LogP contribution is -2.41. The molecule has 0 spiro atoms. The number of rotatable bonds is 5. The predicted molar refractivity (Wildman–Crippen MR) is 125 cm³/mol. The molecule has 7 nitrogen and oxygen atoms in total. The number of ether oxygens (including phenoxy) is 2. The third-order valence-electron chi connectivity index (χ3n) is 5.30. The van der Waals surface area contributed by atoms with Crippen molar-refractivity contribution in [3.63, 3.8) is 0 Å². The third-order valence-corrected chi connectivity index (χ3v) is 6.21. The van der Waals surface area contributed by atoms with Crippen LogP contribution >= 0.6 is 11.3 Å². The van der Waals surface area contributed by atoms with Gasteiger partial charge in [0, 0.05) is 24.0 Å². The SMILES string of the molecule is COc1cccc(-c2nc(C=C(C(=O)N3CCOCC3)c3nc4ccccc4[nH]3)cs2)c1. The first-order valence-electron chi connectivity index (χ1n) is 10.3. The van der Waals surface area contributed by atoms with Gasteiger partial charge in [-0.3, -0.25) is 4.79 Å². The van der Waals surface area contributed by atoms with Crippen LogP contribution in [0.5, 0.6) is 5.75 Å². The molecule has 1 saturated heterocycles. The first-order valence-corrected chi connectivity index (χ1v) is 11.2. The number of amides is 1. The maximum Gasteiger partial charge on any atom is 0.257 e. The number of nitrogens with zero attached hydrogens (tertiary/aromatic N) is 3. The Kier molecular flexibility index (Phi) is 5.70. The highest BCUT2D eigenvalue weighted by atomic mass is 32.1. The highest BCUT2D eigenvalue weighted by Gasteiger charge is 2.24. The van der Waals surface area contributed by atoms with E-state index in [1.54, 1.807) is 12.0 Å². The standard InChI is InChI=1S/C24H22N4O3S/c1-30-18-6-4-5-16(13-18)23-25-17(15-32-23)14-19(24(29)28-9-11-31-12-10-28)22-26-20-7-2-3-8-21(20)27-22/h2-8,13-15H,9-12H2,1H3,(H,26,27). The molecule has 0 saturated carbocycles. The van der Waals surface area contributed by atoms with E-state index in [9.17, 15) is 4.79 Å². The van der Waals surface area contributed by atoms with Gasteiger partial charge in [0.25, 0.3) is 5.91 Å². The van der Waals surface area contributed by atoms with E-state index in [4.69, 9.17) is 14.5 Å². The van der Waals surface area contributed by atoms with Crippen molar-refractivity contribution in [1.29, 1.82) is 0 Å². The maximum atomic E-state index is 13.4. The van der Waals surface area contributed by atoms with Crippen molar-refractivity contribution in [2.24, 2.45) is 0 Å². The van der Waals surface area contributed by atoms with Crippen molar-refractivity contribution in [1.82, 2.24) is 19.9 Å². The molecule has 8 heteroatoms. The van der Waals surface area contributed by atoms with Gasteiger partial charge in [-0.2, -0.15) is 0 Å². The van der Waals surface area contributed by atoms with E-state index in [1.807, 2.05) is 60.0 Å². The van der Waals surface area contributed by atoms with Gasteiger partial charge in [0.05, 0.1) is 42.6 Å². The van der Waals surface area contributed by atoms with Crippen LogP contribution in [0.15, 0.2) is 53.9 Å². The molecule has 4 aromatic rings. The highest BCUT2D eigenvalue weighted by molar-refractivity contribution is 7.13. The van der Waals surface area contributed by atoms with Gasteiger partial charge < -0.3 is 19.4 Å². The van der Waals surface area contributed by atoms with E-state index in [0.717, 1.165) is 27.4 Å². The zero-order chi connectivity index (χ0) is 21.9. The van der Waals surface area contributed by atoms with Crippen molar-refractivity contribution in [3.8, 4) is 16.3 Å². The molecule has 1 amide bonds. The number of para-hydroxylation sites is 2. The molecule has 2 aromatic carbocycles. The zero-order valence-corrected chi connectivity index (χ0v) is 18.4. The number of hydrogen-bond acceptors (Lipinski definition) is 6. The van der Waals surface area contributed by atoms with Gasteiger partial charge in [0.15, 0.2) is 0 Å². The summed E-state index contributed by atoms with van der Waals surface area (Å²) in [7, 11) is 1.64.